The zero-order valence-electron chi connectivity index (χ0n) is 19.8. The van der Waals surface area contributed by atoms with Crippen molar-refractivity contribution in [3.63, 3.8) is 0 Å². The molecule has 2 fully saturated rings. The second-order valence-corrected chi connectivity index (χ2v) is 10.2. The van der Waals surface area contributed by atoms with Gasteiger partial charge in [0.05, 0.1) is 17.1 Å². The largest absolute Gasteiger partial charge is 0.506 e. The Morgan fingerprint density at radius 2 is 1.97 bits per heavy atom. The predicted octanol–water partition coefficient (Wildman–Crippen LogP) is 6.00. The molecule has 0 radical (unpaired) electrons. The monoisotopic (exact) mass is 447 g/mol. The summed E-state index contributed by atoms with van der Waals surface area (Å²) < 4.78 is 0. The number of anilines is 3. The van der Waals surface area contributed by atoms with Gasteiger partial charge in [-0.2, -0.15) is 0 Å². The van der Waals surface area contributed by atoms with E-state index >= 15 is 0 Å². The first kappa shape index (κ1) is 22.3. The number of unbranched alkanes of at least 4 members (excludes halogenated alkanes) is 2. The molecule has 0 spiro atoms. The number of rotatable bonds is 7. The van der Waals surface area contributed by atoms with Crippen molar-refractivity contribution in [3.05, 3.63) is 47.5 Å². The van der Waals surface area contributed by atoms with Crippen molar-refractivity contribution >= 4 is 23.0 Å². The minimum Gasteiger partial charge on any atom is -0.506 e. The molecular formula is C28H37N3O2. The molecule has 5 heteroatoms. The number of phenolic OH excluding ortho intramolecular Hbond substituents is 1. The summed E-state index contributed by atoms with van der Waals surface area (Å²) in [5.74, 6) is 1.02. The molecule has 2 aromatic carbocycles. The normalized spacial score (nSPS) is 25.6. The summed E-state index contributed by atoms with van der Waals surface area (Å²) in [5, 5.41) is 21.3. The summed E-state index contributed by atoms with van der Waals surface area (Å²) in [6, 6.07) is 12.5. The molecule has 1 saturated carbocycles. The number of aromatic hydroxyl groups is 1. The molecule has 5 nitrogen and oxygen atoms in total. The second-order valence-electron chi connectivity index (χ2n) is 10.2. The highest BCUT2D eigenvalue weighted by atomic mass is 16.3. The van der Waals surface area contributed by atoms with Gasteiger partial charge in [0.25, 0.3) is 0 Å². The highest BCUT2D eigenvalue weighted by molar-refractivity contribution is 5.95. The van der Waals surface area contributed by atoms with Crippen LogP contribution in [0, 0.1) is 5.92 Å². The van der Waals surface area contributed by atoms with Crippen LogP contribution in [-0.4, -0.2) is 23.6 Å². The summed E-state index contributed by atoms with van der Waals surface area (Å²) in [6.07, 6.45) is 10.9. The van der Waals surface area contributed by atoms with Crippen molar-refractivity contribution in [3.8, 4) is 5.75 Å². The third-order valence-corrected chi connectivity index (χ3v) is 8.24. The number of para-hydroxylation sites is 2. The van der Waals surface area contributed by atoms with Gasteiger partial charge in [0.1, 0.15) is 5.75 Å². The van der Waals surface area contributed by atoms with Gasteiger partial charge in [0.15, 0.2) is 0 Å². The number of fused-ring (bicyclic) bond motifs is 1. The van der Waals surface area contributed by atoms with Gasteiger partial charge in [0, 0.05) is 17.9 Å². The minimum absolute atomic E-state index is 0.0358. The fourth-order valence-corrected chi connectivity index (χ4v) is 6.67. The average Bonchev–Trinajstić information content (AvgIpc) is 2.82. The molecule has 5 rings (SSSR count). The van der Waals surface area contributed by atoms with Crippen molar-refractivity contribution < 1.29 is 9.90 Å². The maximum absolute atomic E-state index is 12.4. The van der Waals surface area contributed by atoms with Crippen LogP contribution in [0.25, 0.3) is 0 Å². The number of hydrogen-bond donors (Lipinski definition) is 4. The van der Waals surface area contributed by atoms with Gasteiger partial charge in [0.2, 0.25) is 5.91 Å². The van der Waals surface area contributed by atoms with E-state index in [1.165, 1.54) is 43.2 Å². The minimum atomic E-state index is 0.0358. The number of carbonyl (C=O) groups excluding carboxylic acids is 1. The maximum atomic E-state index is 12.4. The fourth-order valence-electron chi connectivity index (χ4n) is 6.67. The first-order chi connectivity index (χ1) is 16.1. The SMILES string of the molecule is CCCCCC(=O)Nc1ccccc1Nc1cc2c(cc1O)[C@]13CCCC[C@@H]1[C@H](C2)NCC3. The van der Waals surface area contributed by atoms with Crippen LogP contribution in [0.1, 0.15) is 75.8 Å². The van der Waals surface area contributed by atoms with Gasteiger partial charge >= 0.3 is 0 Å². The van der Waals surface area contributed by atoms with Crippen LogP contribution in [0.3, 0.4) is 0 Å². The Morgan fingerprint density at radius 1 is 1.12 bits per heavy atom. The van der Waals surface area contributed by atoms with E-state index in [-0.39, 0.29) is 11.3 Å². The lowest BCUT2D eigenvalue weighted by Crippen LogP contribution is -2.59. The molecule has 176 valence electrons. The Morgan fingerprint density at radius 3 is 2.82 bits per heavy atom. The number of piperidine rings is 1. The number of hydrogen-bond acceptors (Lipinski definition) is 4. The van der Waals surface area contributed by atoms with Gasteiger partial charge in [-0.25, -0.2) is 0 Å². The molecule has 3 atom stereocenters. The van der Waals surface area contributed by atoms with E-state index in [1.807, 2.05) is 30.3 Å². The van der Waals surface area contributed by atoms with Gasteiger partial charge in [-0.05, 0) is 80.0 Å². The molecular weight excluding hydrogens is 410 g/mol. The summed E-state index contributed by atoms with van der Waals surface area (Å²) >= 11 is 0. The van der Waals surface area contributed by atoms with Crippen LogP contribution in [0.2, 0.25) is 0 Å². The zero-order chi connectivity index (χ0) is 22.8. The van der Waals surface area contributed by atoms with Crippen molar-refractivity contribution in [2.45, 2.75) is 82.6 Å². The second kappa shape index (κ2) is 9.38. The molecule has 1 aliphatic heterocycles. The van der Waals surface area contributed by atoms with Crippen LogP contribution in [0.15, 0.2) is 36.4 Å². The summed E-state index contributed by atoms with van der Waals surface area (Å²) in [4.78, 5) is 12.4. The van der Waals surface area contributed by atoms with Gasteiger partial charge in [-0.3, -0.25) is 4.79 Å². The molecule has 0 aromatic heterocycles. The maximum Gasteiger partial charge on any atom is 0.224 e. The molecule has 2 bridgehead atoms. The molecule has 0 unspecified atom stereocenters. The Hall–Kier alpha value is -2.53. The van der Waals surface area contributed by atoms with Gasteiger partial charge in [-0.15, -0.1) is 0 Å². The van der Waals surface area contributed by atoms with E-state index in [0.717, 1.165) is 43.6 Å². The van der Waals surface area contributed by atoms with E-state index in [9.17, 15) is 9.90 Å². The summed E-state index contributed by atoms with van der Waals surface area (Å²) in [5.41, 5.74) is 5.23. The number of amides is 1. The van der Waals surface area contributed by atoms with Crippen LogP contribution in [0.4, 0.5) is 17.1 Å². The molecule has 1 heterocycles. The highest BCUT2D eigenvalue weighted by Gasteiger charge is 2.51. The molecule has 2 aromatic rings. The molecule has 1 saturated heterocycles. The Balaban J connectivity index is 1.41. The Labute approximate surface area is 197 Å². The Kier molecular flexibility index (Phi) is 6.33. The quantitative estimate of drug-likeness (QED) is 0.310. The van der Waals surface area contributed by atoms with Crippen LogP contribution >= 0.6 is 0 Å². The molecule has 33 heavy (non-hydrogen) atoms. The summed E-state index contributed by atoms with van der Waals surface area (Å²) in [7, 11) is 0. The van der Waals surface area contributed by atoms with Gasteiger partial charge in [-0.1, -0.05) is 44.7 Å². The molecule has 3 aliphatic rings. The van der Waals surface area contributed by atoms with E-state index in [1.54, 1.807) is 0 Å². The smallest absolute Gasteiger partial charge is 0.224 e. The van der Waals surface area contributed by atoms with Crippen LogP contribution in [-0.2, 0) is 16.6 Å². The first-order valence-electron chi connectivity index (χ1n) is 12.9. The third kappa shape index (κ3) is 4.23. The molecule has 4 N–H and O–H groups in total. The molecule has 2 aliphatic carbocycles. The summed E-state index contributed by atoms with van der Waals surface area (Å²) in [6.45, 7) is 3.21. The van der Waals surface area contributed by atoms with E-state index in [4.69, 9.17) is 0 Å². The number of benzene rings is 2. The lowest BCUT2D eigenvalue weighted by atomic mass is 9.53. The number of carbonyl (C=O) groups is 1. The molecule has 1 amide bonds. The van der Waals surface area contributed by atoms with E-state index in [0.29, 0.717) is 29.8 Å². The standard InChI is InChI=1S/C28H37N3O2/c1-2-3-4-12-27(33)31-23-11-6-5-10-22(23)30-25-17-19-16-24-20-9-7-8-13-28(20,14-15-29-24)21(19)18-26(25)32/h5-6,10-11,17-18,20,24,29-30,32H,2-4,7-9,12-16H2,1H3,(H,31,33)/t20-,24+,28+/m1/s1. The van der Waals surface area contributed by atoms with Crippen molar-refractivity contribution in [2.24, 2.45) is 5.92 Å². The highest BCUT2D eigenvalue weighted by Crippen LogP contribution is 2.55. The van der Waals surface area contributed by atoms with Crippen molar-refractivity contribution in [1.82, 2.24) is 5.32 Å². The predicted molar refractivity (Wildman–Crippen MR) is 134 cm³/mol. The lowest BCUT2D eigenvalue weighted by molar-refractivity contribution is -0.116. The van der Waals surface area contributed by atoms with Crippen molar-refractivity contribution in [1.29, 1.82) is 0 Å². The van der Waals surface area contributed by atoms with Gasteiger partial charge < -0.3 is 21.1 Å². The lowest BCUT2D eigenvalue weighted by Gasteiger charge is -2.56. The topological polar surface area (TPSA) is 73.4 Å². The number of nitrogens with one attached hydrogen (secondary N) is 3. The van der Waals surface area contributed by atoms with Crippen LogP contribution in [0.5, 0.6) is 5.75 Å². The zero-order valence-corrected chi connectivity index (χ0v) is 19.8. The third-order valence-electron chi connectivity index (χ3n) is 8.24. The van der Waals surface area contributed by atoms with Crippen LogP contribution < -0.4 is 16.0 Å². The van der Waals surface area contributed by atoms with E-state index in [2.05, 4.69) is 28.9 Å². The number of phenols is 1. The Bertz CT molecular complexity index is 1020. The fraction of sp³-hybridized carbons (Fsp3) is 0.536. The first-order valence-corrected chi connectivity index (χ1v) is 12.9. The van der Waals surface area contributed by atoms with Crippen molar-refractivity contribution in [2.75, 3.05) is 17.2 Å². The van der Waals surface area contributed by atoms with E-state index < -0.39 is 0 Å². The average molecular weight is 448 g/mol.